The molecule has 2 heterocycles. The lowest BCUT2D eigenvalue weighted by molar-refractivity contribution is -0.135. The van der Waals surface area contributed by atoms with Crippen molar-refractivity contribution in [3.05, 3.63) is 81.4 Å². The summed E-state index contributed by atoms with van der Waals surface area (Å²) in [6.45, 7) is 7.87. The highest BCUT2D eigenvalue weighted by molar-refractivity contribution is 6.42. The number of carbonyl (C=O) groups excluding carboxylic acids is 1. The fourth-order valence-electron chi connectivity index (χ4n) is 4.49. The number of halogens is 2. The van der Waals surface area contributed by atoms with Crippen molar-refractivity contribution in [1.29, 1.82) is 0 Å². The van der Waals surface area contributed by atoms with Gasteiger partial charge in [0.25, 0.3) is 0 Å². The Kier molecular flexibility index (Phi) is 5.74. The normalized spacial score (nSPS) is 20.7. The predicted octanol–water partition coefficient (Wildman–Crippen LogP) is 5.27. The summed E-state index contributed by atoms with van der Waals surface area (Å²) in [5.74, 6) is 0.128. The summed E-state index contributed by atoms with van der Waals surface area (Å²) in [6.07, 6.45) is 4.71. The Labute approximate surface area is 182 Å². The highest BCUT2D eigenvalue weighted by atomic mass is 35.5. The van der Waals surface area contributed by atoms with Crippen LogP contribution >= 0.6 is 23.2 Å². The first-order chi connectivity index (χ1) is 13.8. The quantitative estimate of drug-likeness (QED) is 0.619. The number of fused-ring (bicyclic) bond motifs is 1. The van der Waals surface area contributed by atoms with Gasteiger partial charge in [-0.1, -0.05) is 79.5 Å². The Hall–Kier alpha value is -1.81. The van der Waals surface area contributed by atoms with E-state index in [2.05, 4.69) is 60.1 Å². The first kappa shape index (κ1) is 20.5. The molecule has 2 aromatic carbocycles. The smallest absolute Gasteiger partial charge is 0.227 e. The maximum Gasteiger partial charge on any atom is 0.227 e. The molecule has 0 fully saturated rings. The van der Waals surface area contributed by atoms with Gasteiger partial charge in [0.05, 0.1) is 22.5 Å². The molecule has 0 spiro atoms. The van der Waals surface area contributed by atoms with Crippen LogP contribution in [0, 0.1) is 0 Å². The standard InChI is InChI=1S/C24H26Cl2N2O/c1-24(2)16-28(23(29)14-17-9-10-20(25)21(26)13-17)22(15-27-11-5-6-12-27)18-7-3-4-8-19(18)24/h3-10,13,22H,11-12,14-16H2,1-2H3. The maximum atomic E-state index is 13.5. The SMILES string of the molecule is CC1(C)CN(C(=O)Cc2ccc(Cl)c(Cl)c2)C(CN2CC=CC2)c2ccccc21. The van der Waals surface area contributed by atoms with E-state index in [9.17, 15) is 4.79 Å². The maximum absolute atomic E-state index is 13.5. The van der Waals surface area contributed by atoms with Crippen molar-refractivity contribution in [1.82, 2.24) is 9.80 Å². The minimum absolute atomic E-state index is 0.0504. The van der Waals surface area contributed by atoms with Crippen molar-refractivity contribution >= 4 is 29.1 Å². The van der Waals surface area contributed by atoms with Crippen LogP contribution in [0.3, 0.4) is 0 Å². The summed E-state index contributed by atoms with van der Waals surface area (Å²) in [5, 5.41) is 0.997. The van der Waals surface area contributed by atoms with Crippen molar-refractivity contribution < 1.29 is 4.79 Å². The van der Waals surface area contributed by atoms with Gasteiger partial charge in [0, 0.05) is 31.6 Å². The third-order valence-corrected chi connectivity index (χ3v) is 6.71. The van der Waals surface area contributed by atoms with Crippen LogP contribution < -0.4 is 0 Å². The Morgan fingerprint density at radius 3 is 2.52 bits per heavy atom. The fourth-order valence-corrected chi connectivity index (χ4v) is 4.81. The van der Waals surface area contributed by atoms with Gasteiger partial charge in [0.2, 0.25) is 5.91 Å². The summed E-state index contributed by atoms with van der Waals surface area (Å²) in [7, 11) is 0. The second-order valence-electron chi connectivity index (χ2n) is 8.62. The highest BCUT2D eigenvalue weighted by Gasteiger charge is 2.40. The summed E-state index contributed by atoms with van der Waals surface area (Å²) in [6, 6.07) is 14.1. The Morgan fingerprint density at radius 2 is 1.79 bits per heavy atom. The summed E-state index contributed by atoms with van der Waals surface area (Å²) >= 11 is 12.2. The first-order valence-corrected chi connectivity index (χ1v) is 10.8. The monoisotopic (exact) mass is 428 g/mol. The number of rotatable bonds is 4. The van der Waals surface area contributed by atoms with E-state index in [4.69, 9.17) is 23.2 Å². The third-order valence-electron chi connectivity index (χ3n) is 5.98. The van der Waals surface area contributed by atoms with E-state index in [-0.39, 0.29) is 17.4 Å². The second-order valence-corrected chi connectivity index (χ2v) is 9.44. The molecule has 1 amide bonds. The molecule has 2 aromatic rings. The minimum atomic E-state index is -0.0936. The first-order valence-electron chi connectivity index (χ1n) is 10.1. The molecule has 5 heteroatoms. The van der Waals surface area contributed by atoms with Gasteiger partial charge in [-0.2, -0.15) is 0 Å². The molecule has 0 bridgehead atoms. The average Bonchev–Trinajstić information content (AvgIpc) is 3.20. The van der Waals surface area contributed by atoms with Crippen molar-refractivity contribution in [2.75, 3.05) is 26.2 Å². The van der Waals surface area contributed by atoms with Crippen molar-refractivity contribution in [2.45, 2.75) is 31.7 Å². The number of hydrogen-bond acceptors (Lipinski definition) is 2. The molecule has 1 unspecified atom stereocenters. The number of carbonyl (C=O) groups is 1. The van der Waals surface area contributed by atoms with Gasteiger partial charge in [-0.3, -0.25) is 9.69 Å². The molecule has 0 saturated heterocycles. The lowest BCUT2D eigenvalue weighted by atomic mass is 9.75. The molecule has 3 nitrogen and oxygen atoms in total. The molecule has 0 N–H and O–H groups in total. The van der Waals surface area contributed by atoms with Crippen LogP contribution in [0.1, 0.15) is 36.6 Å². The molecule has 2 aliphatic heterocycles. The van der Waals surface area contributed by atoms with E-state index in [1.807, 2.05) is 6.07 Å². The van der Waals surface area contributed by atoms with Crippen LogP contribution in [0.15, 0.2) is 54.6 Å². The molecular formula is C24H26Cl2N2O. The van der Waals surface area contributed by atoms with Gasteiger partial charge < -0.3 is 4.90 Å². The third kappa shape index (κ3) is 4.23. The van der Waals surface area contributed by atoms with Crippen LogP contribution in [0.2, 0.25) is 10.0 Å². The van der Waals surface area contributed by atoms with Crippen molar-refractivity contribution in [3.8, 4) is 0 Å². The second kappa shape index (κ2) is 8.14. The fraction of sp³-hybridized carbons (Fsp3) is 0.375. The van der Waals surface area contributed by atoms with E-state index in [0.717, 1.165) is 25.2 Å². The summed E-state index contributed by atoms with van der Waals surface area (Å²) in [5.41, 5.74) is 3.40. The zero-order valence-corrected chi connectivity index (χ0v) is 18.4. The number of nitrogens with zero attached hydrogens (tertiary/aromatic N) is 2. The van der Waals surface area contributed by atoms with E-state index >= 15 is 0 Å². The molecule has 2 aliphatic rings. The highest BCUT2D eigenvalue weighted by Crippen LogP contribution is 2.40. The largest absolute Gasteiger partial charge is 0.333 e. The van der Waals surface area contributed by atoms with Crippen molar-refractivity contribution in [2.24, 2.45) is 0 Å². The molecule has 1 atom stereocenters. The lowest BCUT2D eigenvalue weighted by Gasteiger charge is -2.46. The van der Waals surface area contributed by atoms with Gasteiger partial charge in [-0.15, -0.1) is 0 Å². The van der Waals surface area contributed by atoms with Gasteiger partial charge in [-0.05, 0) is 28.8 Å². The summed E-state index contributed by atoms with van der Waals surface area (Å²) in [4.78, 5) is 17.9. The van der Waals surface area contributed by atoms with Gasteiger partial charge in [0.1, 0.15) is 0 Å². The summed E-state index contributed by atoms with van der Waals surface area (Å²) < 4.78 is 0. The van der Waals surface area contributed by atoms with E-state index in [1.165, 1.54) is 11.1 Å². The Balaban J connectivity index is 1.65. The molecule has 29 heavy (non-hydrogen) atoms. The number of amides is 1. The Bertz CT molecular complexity index is 946. The van der Waals surface area contributed by atoms with Crippen LogP contribution in [0.5, 0.6) is 0 Å². The Morgan fingerprint density at radius 1 is 1.07 bits per heavy atom. The zero-order valence-electron chi connectivity index (χ0n) is 16.9. The van der Waals surface area contributed by atoms with Gasteiger partial charge in [0.15, 0.2) is 0 Å². The number of benzene rings is 2. The topological polar surface area (TPSA) is 23.6 Å². The van der Waals surface area contributed by atoms with E-state index in [1.54, 1.807) is 12.1 Å². The average molecular weight is 429 g/mol. The minimum Gasteiger partial charge on any atom is -0.333 e. The van der Waals surface area contributed by atoms with Crippen molar-refractivity contribution in [3.63, 3.8) is 0 Å². The molecule has 4 rings (SSSR count). The van der Waals surface area contributed by atoms with E-state index in [0.29, 0.717) is 23.0 Å². The predicted molar refractivity (Wildman–Crippen MR) is 120 cm³/mol. The van der Waals surface area contributed by atoms with Crippen LogP contribution in [0.4, 0.5) is 0 Å². The molecule has 0 aromatic heterocycles. The van der Waals surface area contributed by atoms with Crippen LogP contribution in [0.25, 0.3) is 0 Å². The lowest BCUT2D eigenvalue weighted by Crippen LogP contribution is -2.51. The number of hydrogen-bond donors (Lipinski definition) is 0. The molecular weight excluding hydrogens is 403 g/mol. The molecule has 0 radical (unpaired) electrons. The molecule has 0 saturated carbocycles. The molecule has 0 aliphatic carbocycles. The van der Waals surface area contributed by atoms with E-state index < -0.39 is 0 Å². The van der Waals surface area contributed by atoms with Gasteiger partial charge >= 0.3 is 0 Å². The van der Waals surface area contributed by atoms with Gasteiger partial charge in [-0.25, -0.2) is 0 Å². The molecule has 152 valence electrons. The van der Waals surface area contributed by atoms with Crippen LogP contribution in [-0.2, 0) is 16.6 Å². The van der Waals surface area contributed by atoms with Crippen LogP contribution in [-0.4, -0.2) is 41.9 Å². The zero-order chi connectivity index (χ0) is 20.6.